The molecule has 7 heteroatoms. The summed E-state index contributed by atoms with van der Waals surface area (Å²) in [5, 5.41) is 11.9. The molecule has 0 saturated heterocycles. The topological polar surface area (TPSA) is 76.8 Å². The van der Waals surface area contributed by atoms with E-state index in [4.69, 9.17) is 0 Å². The van der Waals surface area contributed by atoms with Gasteiger partial charge in [0.05, 0.1) is 12.2 Å². The lowest BCUT2D eigenvalue weighted by molar-refractivity contribution is 0.0948. The van der Waals surface area contributed by atoms with Crippen LogP contribution in [0.15, 0.2) is 30.6 Å². The van der Waals surface area contributed by atoms with Crippen LogP contribution in [-0.4, -0.2) is 37.8 Å². The van der Waals surface area contributed by atoms with Crippen molar-refractivity contribution >= 4 is 16.9 Å². The largest absolute Gasteiger partial charge is 0.350 e. The standard InChI is InChI=1S/C18H22N6O/c1-12-10-24-14(9-21-12)8-16(22-24)18(25)20-7-5-13-11-23(2)17-15(13)4-3-6-19-17/h3-4,6,8,11-12,21H,5,7,9-10H2,1-2H3,(H,20,25). The second kappa shape index (κ2) is 6.33. The van der Waals surface area contributed by atoms with E-state index in [-0.39, 0.29) is 5.91 Å². The van der Waals surface area contributed by atoms with Gasteiger partial charge in [-0.15, -0.1) is 0 Å². The maximum absolute atomic E-state index is 12.4. The van der Waals surface area contributed by atoms with Crippen LogP contribution in [0.3, 0.4) is 0 Å². The molecular formula is C18H22N6O. The maximum Gasteiger partial charge on any atom is 0.271 e. The lowest BCUT2D eigenvalue weighted by Gasteiger charge is -2.21. The van der Waals surface area contributed by atoms with Gasteiger partial charge in [0.25, 0.3) is 5.91 Å². The molecule has 0 spiro atoms. The molecule has 3 aromatic rings. The number of hydrogen-bond donors (Lipinski definition) is 2. The third kappa shape index (κ3) is 3.02. The van der Waals surface area contributed by atoms with Gasteiger partial charge in [-0.2, -0.15) is 5.10 Å². The zero-order chi connectivity index (χ0) is 17.4. The molecule has 1 amide bonds. The number of rotatable bonds is 4. The number of fused-ring (bicyclic) bond motifs is 2. The first-order valence-electron chi connectivity index (χ1n) is 8.59. The molecule has 2 N–H and O–H groups in total. The van der Waals surface area contributed by atoms with Gasteiger partial charge in [0.2, 0.25) is 0 Å². The molecule has 0 fully saturated rings. The van der Waals surface area contributed by atoms with Crippen molar-refractivity contribution in [2.75, 3.05) is 6.54 Å². The van der Waals surface area contributed by atoms with Gasteiger partial charge in [-0.05, 0) is 37.1 Å². The number of amides is 1. The predicted octanol–water partition coefficient (Wildman–Crippen LogP) is 1.23. The van der Waals surface area contributed by atoms with Crippen LogP contribution in [0, 0.1) is 0 Å². The van der Waals surface area contributed by atoms with E-state index in [2.05, 4.69) is 39.9 Å². The first kappa shape index (κ1) is 15.8. The van der Waals surface area contributed by atoms with Gasteiger partial charge >= 0.3 is 0 Å². The lowest BCUT2D eigenvalue weighted by atomic mass is 10.1. The van der Waals surface area contributed by atoms with Crippen LogP contribution in [0.25, 0.3) is 11.0 Å². The first-order chi connectivity index (χ1) is 12.1. The van der Waals surface area contributed by atoms with Gasteiger partial charge in [-0.25, -0.2) is 4.98 Å². The lowest BCUT2D eigenvalue weighted by Crippen LogP contribution is -2.36. The van der Waals surface area contributed by atoms with E-state index in [1.165, 1.54) is 5.56 Å². The Morgan fingerprint density at radius 1 is 1.48 bits per heavy atom. The number of carbonyl (C=O) groups excluding carboxylic acids is 1. The first-order valence-corrected chi connectivity index (χ1v) is 8.59. The van der Waals surface area contributed by atoms with Crippen LogP contribution in [0.4, 0.5) is 0 Å². The average Bonchev–Trinajstić information content (AvgIpc) is 3.16. The summed E-state index contributed by atoms with van der Waals surface area (Å²) in [6.45, 7) is 4.24. The molecule has 25 heavy (non-hydrogen) atoms. The second-order valence-corrected chi connectivity index (χ2v) is 6.63. The third-order valence-corrected chi connectivity index (χ3v) is 4.67. The Kier molecular flexibility index (Phi) is 4.01. The number of carbonyl (C=O) groups is 1. The minimum Gasteiger partial charge on any atom is -0.350 e. The summed E-state index contributed by atoms with van der Waals surface area (Å²) in [6.07, 6.45) is 4.64. The summed E-state index contributed by atoms with van der Waals surface area (Å²) < 4.78 is 3.94. The van der Waals surface area contributed by atoms with E-state index in [1.807, 2.05) is 28.4 Å². The summed E-state index contributed by atoms with van der Waals surface area (Å²) in [5.74, 6) is -0.118. The number of aromatic nitrogens is 4. The van der Waals surface area contributed by atoms with E-state index in [0.717, 1.165) is 36.2 Å². The summed E-state index contributed by atoms with van der Waals surface area (Å²) in [7, 11) is 1.99. The molecule has 0 bridgehead atoms. The summed E-state index contributed by atoms with van der Waals surface area (Å²) in [4.78, 5) is 16.8. The average molecular weight is 338 g/mol. The zero-order valence-electron chi connectivity index (χ0n) is 14.5. The van der Waals surface area contributed by atoms with Gasteiger partial charge in [0, 0.05) is 44.0 Å². The van der Waals surface area contributed by atoms with E-state index in [0.29, 0.717) is 18.3 Å². The Hall–Kier alpha value is -2.67. The Labute approximate surface area is 146 Å². The fraction of sp³-hybridized carbons (Fsp3) is 0.389. The highest BCUT2D eigenvalue weighted by molar-refractivity contribution is 5.92. The monoisotopic (exact) mass is 338 g/mol. The van der Waals surface area contributed by atoms with Crippen LogP contribution >= 0.6 is 0 Å². The van der Waals surface area contributed by atoms with Gasteiger partial charge in [0.1, 0.15) is 11.3 Å². The highest BCUT2D eigenvalue weighted by Crippen LogP contribution is 2.18. The number of nitrogens with zero attached hydrogens (tertiary/aromatic N) is 4. The molecule has 3 aromatic heterocycles. The Bertz CT molecular complexity index is 925. The molecule has 4 rings (SSSR count). The summed E-state index contributed by atoms with van der Waals surface area (Å²) in [5.41, 5.74) is 3.70. The van der Waals surface area contributed by atoms with E-state index < -0.39 is 0 Å². The SMILES string of the molecule is CC1Cn2nc(C(=O)NCCc3cn(C)c4ncccc34)cc2CN1. The molecule has 130 valence electrons. The van der Waals surface area contributed by atoms with E-state index >= 15 is 0 Å². The van der Waals surface area contributed by atoms with Crippen molar-refractivity contribution in [1.29, 1.82) is 0 Å². The van der Waals surface area contributed by atoms with Crippen LogP contribution in [0.1, 0.15) is 28.7 Å². The van der Waals surface area contributed by atoms with E-state index in [1.54, 1.807) is 6.20 Å². The molecule has 7 nitrogen and oxygen atoms in total. The van der Waals surface area contributed by atoms with Crippen LogP contribution < -0.4 is 10.6 Å². The Morgan fingerprint density at radius 3 is 3.24 bits per heavy atom. The zero-order valence-corrected chi connectivity index (χ0v) is 14.5. The van der Waals surface area contributed by atoms with Crippen LogP contribution in [0.5, 0.6) is 0 Å². The molecule has 1 aliphatic rings. The third-order valence-electron chi connectivity index (χ3n) is 4.67. The molecule has 0 saturated carbocycles. The summed E-state index contributed by atoms with van der Waals surface area (Å²) in [6, 6.07) is 6.26. The number of nitrogens with one attached hydrogen (secondary N) is 2. The highest BCUT2D eigenvalue weighted by atomic mass is 16.1. The van der Waals surface area contributed by atoms with Crippen molar-refractivity contribution in [3.8, 4) is 0 Å². The van der Waals surface area contributed by atoms with Crippen LogP contribution in [0.2, 0.25) is 0 Å². The molecular weight excluding hydrogens is 316 g/mol. The number of hydrogen-bond acceptors (Lipinski definition) is 4. The normalized spacial score (nSPS) is 16.8. The molecule has 0 aromatic carbocycles. The van der Waals surface area contributed by atoms with Crippen LogP contribution in [-0.2, 0) is 26.6 Å². The van der Waals surface area contributed by atoms with Crippen molar-refractivity contribution in [2.45, 2.75) is 32.5 Å². The highest BCUT2D eigenvalue weighted by Gasteiger charge is 2.19. The Morgan fingerprint density at radius 2 is 2.36 bits per heavy atom. The Balaban J connectivity index is 1.41. The van der Waals surface area contributed by atoms with Crippen molar-refractivity contribution in [3.63, 3.8) is 0 Å². The summed E-state index contributed by atoms with van der Waals surface area (Å²) >= 11 is 0. The predicted molar refractivity (Wildman–Crippen MR) is 95.3 cm³/mol. The fourth-order valence-electron chi connectivity index (χ4n) is 3.36. The van der Waals surface area contributed by atoms with Crippen molar-refractivity contribution < 1.29 is 4.79 Å². The van der Waals surface area contributed by atoms with Gasteiger partial charge < -0.3 is 15.2 Å². The van der Waals surface area contributed by atoms with Gasteiger partial charge in [-0.3, -0.25) is 9.48 Å². The number of aryl methyl sites for hydroxylation is 1. The van der Waals surface area contributed by atoms with Crippen molar-refractivity contribution in [1.82, 2.24) is 30.0 Å². The molecule has 0 radical (unpaired) electrons. The fourth-order valence-corrected chi connectivity index (χ4v) is 3.36. The minimum absolute atomic E-state index is 0.118. The molecule has 1 unspecified atom stereocenters. The molecule has 4 heterocycles. The molecule has 0 aliphatic carbocycles. The molecule has 1 aliphatic heterocycles. The van der Waals surface area contributed by atoms with Gasteiger partial charge in [-0.1, -0.05) is 0 Å². The number of pyridine rings is 1. The van der Waals surface area contributed by atoms with Crippen molar-refractivity contribution in [3.05, 3.63) is 47.5 Å². The quantitative estimate of drug-likeness (QED) is 0.750. The van der Waals surface area contributed by atoms with Gasteiger partial charge in [0.15, 0.2) is 0 Å². The van der Waals surface area contributed by atoms with Crippen molar-refractivity contribution in [2.24, 2.45) is 7.05 Å². The smallest absolute Gasteiger partial charge is 0.271 e. The molecule has 1 atom stereocenters. The second-order valence-electron chi connectivity index (χ2n) is 6.63. The minimum atomic E-state index is -0.118. The van der Waals surface area contributed by atoms with E-state index in [9.17, 15) is 4.79 Å². The maximum atomic E-state index is 12.4.